The maximum atomic E-state index is 10.4. The van der Waals surface area contributed by atoms with E-state index in [0.29, 0.717) is 6.61 Å². The number of hydrogen-bond donors (Lipinski definition) is 0. The molecule has 58 valence electrons. The lowest BCUT2D eigenvalue weighted by molar-refractivity contribution is -0.146. The van der Waals surface area contributed by atoms with Crippen molar-refractivity contribution in [1.29, 1.82) is 0 Å². The Labute approximate surface area is 59.1 Å². The average Bonchev–Trinajstić information content (AvgIpc) is 2.71. The van der Waals surface area contributed by atoms with Crippen LogP contribution in [0.3, 0.4) is 0 Å². The Morgan fingerprint density at radius 2 is 2.50 bits per heavy atom. The summed E-state index contributed by atoms with van der Waals surface area (Å²) in [5.74, 6) is -0.347. The lowest BCUT2D eigenvalue weighted by Gasteiger charge is -1.98. The minimum atomic E-state index is -0.347. The number of carbonyl (C=O) groups excluding carboxylic acids is 1. The summed E-state index contributed by atoms with van der Waals surface area (Å²) in [5.41, 5.74) is 0. The van der Waals surface area contributed by atoms with Gasteiger partial charge >= 0.3 is 5.97 Å². The highest BCUT2D eigenvalue weighted by atomic mass is 16.6. The van der Waals surface area contributed by atoms with Crippen molar-refractivity contribution < 1.29 is 19.0 Å². The molecular weight excluding hydrogens is 136 g/mol. The summed E-state index contributed by atoms with van der Waals surface area (Å²) in [6.07, 6.45) is 0.213. The number of epoxide rings is 1. The van der Waals surface area contributed by atoms with Gasteiger partial charge in [0.2, 0.25) is 0 Å². The van der Waals surface area contributed by atoms with Gasteiger partial charge in [-0.05, 0) is 0 Å². The molecule has 0 saturated carbocycles. The van der Waals surface area contributed by atoms with E-state index in [-0.39, 0.29) is 18.7 Å². The van der Waals surface area contributed by atoms with E-state index in [9.17, 15) is 4.79 Å². The molecule has 1 aliphatic rings. The molecular formula is C6H10O4. The first-order valence-corrected chi connectivity index (χ1v) is 3.09. The van der Waals surface area contributed by atoms with E-state index >= 15 is 0 Å². The van der Waals surface area contributed by atoms with Crippen LogP contribution < -0.4 is 0 Å². The molecule has 1 fully saturated rings. The molecule has 0 amide bonds. The van der Waals surface area contributed by atoms with Crippen molar-refractivity contribution in [3.8, 4) is 0 Å². The van der Waals surface area contributed by atoms with Crippen LogP contribution in [0.2, 0.25) is 0 Å². The molecule has 1 rings (SSSR count). The third-order valence-corrected chi connectivity index (χ3v) is 1.15. The van der Waals surface area contributed by atoms with E-state index in [4.69, 9.17) is 9.47 Å². The Balaban J connectivity index is 1.88. The minimum Gasteiger partial charge on any atom is -0.467 e. The average molecular weight is 146 g/mol. The van der Waals surface area contributed by atoms with Gasteiger partial charge in [-0.3, -0.25) is 0 Å². The van der Waals surface area contributed by atoms with Crippen LogP contribution in [-0.4, -0.2) is 39.0 Å². The predicted octanol–water partition coefficient (Wildman–Crippen LogP) is -0.425. The van der Waals surface area contributed by atoms with Gasteiger partial charge in [0.25, 0.3) is 0 Å². The summed E-state index contributed by atoms with van der Waals surface area (Å²) in [4.78, 5) is 10.4. The number of methoxy groups -OCH3 is 1. The normalized spacial score (nSPS) is 22.3. The topological polar surface area (TPSA) is 48.1 Å². The quantitative estimate of drug-likeness (QED) is 0.399. The molecule has 1 heterocycles. The van der Waals surface area contributed by atoms with Crippen LogP contribution in [0.1, 0.15) is 0 Å². The molecule has 1 aliphatic heterocycles. The van der Waals surface area contributed by atoms with Gasteiger partial charge in [0.05, 0.1) is 20.3 Å². The Morgan fingerprint density at radius 1 is 1.80 bits per heavy atom. The van der Waals surface area contributed by atoms with Crippen molar-refractivity contribution in [1.82, 2.24) is 0 Å². The summed E-state index contributed by atoms with van der Waals surface area (Å²) in [5, 5.41) is 0. The van der Waals surface area contributed by atoms with Gasteiger partial charge in [-0.25, -0.2) is 4.79 Å². The molecule has 10 heavy (non-hydrogen) atoms. The minimum absolute atomic E-state index is 0.0242. The van der Waals surface area contributed by atoms with E-state index in [0.717, 1.165) is 6.61 Å². The Kier molecular flexibility index (Phi) is 2.65. The highest BCUT2D eigenvalue weighted by Crippen LogP contribution is 2.07. The number of esters is 1. The molecule has 0 bridgehead atoms. The van der Waals surface area contributed by atoms with Gasteiger partial charge in [0.1, 0.15) is 12.7 Å². The highest BCUT2D eigenvalue weighted by Gasteiger charge is 2.22. The number of ether oxygens (including phenoxy) is 3. The Morgan fingerprint density at radius 3 is 3.00 bits per heavy atom. The maximum Gasteiger partial charge on any atom is 0.331 e. The largest absolute Gasteiger partial charge is 0.467 e. The molecule has 1 saturated heterocycles. The summed E-state index contributed by atoms with van der Waals surface area (Å²) in [6.45, 7) is 1.27. The van der Waals surface area contributed by atoms with E-state index in [1.165, 1.54) is 7.11 Å². The van der Waals surface area contributed by atoms with Crippen molar-refractivity contribution in [3.05, 3.63) is 0 Å². The molecule has 1 unspecified atom stereocenters. The van der Waals surface area contributed by atoms with Crippen LogP contribution in [0.5, 0.6) is 0 Å². The van der Waals surface area contributed by atoms with Gasteiger partial charge in [0, 0.05) is 0 Å². The fourth-order valence-electron chi connectivity index (χ4n) is 0.497. The first-order valence-electron chi connectivity index (χ1n) is 3.09. The van der Waals surface area contributed by atoms with E-state index in [1.54, 1.807) is 0 Å². The first kappa shape index (κ1) is 7.50. The molecule has 1 atom stereocenters. The highest BCUT2D eigenvalue weighted by molar-refractivity contribution is 5.70. The zero-order valence-corrected chi connectivity index (χ0v) is 5.83. The number of hydrogen-bond acceptors (Lipinski definition) is 4. The lowest BCUT2D eigenvalue weighted by atomic mass is 10.5. The van der Waals surface area contributed by atoms with E-state index in [2.05, 4.69) is 4.74 Å². The summed E-state index contributed by atoms with van der Waals surface area (Å²) in [7, 11) is 1.33. The Hall–Kier alpha value is -0.610. The Bertz CT molecular complexity index is 119. The van der Waals surface area contributed by atoms with Crippen molar-refractivity contribution >= 4 is 5.97 Å². The van der Waals surface area contributed by atoms with E-state index in [1.807, 2.05) is 0 Å². The fourth-order valence-corrected chi connectivity index (χ4v) is 0.497. The fraction of sp³-hybridized carbons (Fsp3) is 0.833. The molecule has 0 aromatic heterocycles. The van der Waals surface area contributed by atoms with Crippen molar-refractivity contribution in [2.45, 2.75) is 6.10 Å². The van der Waals surface area contributed by atoms with Crippen LogP contribution in [0.25, 0.3) is 0 Å². The molecule has 0 aromatic carbocycles. The molecule has 0 aromatic rings. The first-order chi connectivity index (χ1) is 4.83. The van der Waals surface area contributed by atoms with Crippen LogP contribution in [0.4, 0.5) is 0 Å². The van der Waals surface area contributed by atoms with Gasteiger partial charge in [-0.15, -0.1) is 0 Å². The van der Waals surface area contributed by atoms with Crippen LogP contribution in [0.15, 0.2) is 0 Å². The monoisotopic (exact) mass is 146 g/mol. The van der Waals surface area contributed by atoms with Gasteiger partial charge in [-0.1, -0.05) is 0 Å². The molecule has 4 heteroatoms. The standard InChI is InChI=1S/C6H10O4/c1-8-6(7)4-9-2-5-3-10-5/h5H,2-4H2,1H3. The second-order valence-corrected chi connectivity index (χ2v) is 2.05. The zero-order valence-electron chi connectivity index (χ0n) is 5.83. The summed E-state index contributed by atoms with van der Waals surface area (Å²) >= 11 is 0. The van der Waals surface area contributed by atoms with Crippen molar-refractivity contribution in [3.63, 3.8) is 0 Å². The smallest absolute Gasteiger partial charge is 0.331 e. The van der Waals surface area contributed by atoms with Crippen LogP contribution in [0, 0.1) is 0 Å². The zero-order chi connectivity index (χ0) is 7.40. The summed E-state index contributed by atoms with van der Waals surface area (Å²) < 4.78 is 14.1. The second-order valence-electron chi connectivity index (χ2n) is 2.05. The van der Waals surface area contributed by atoms with Gasteiger partial charge in [-0.2, -0.15) is 0 Å². The third-order valence-electron chi connectivity index (χ3n) is 1.15. The predicted molar refractivity (Wildman–Crippen MR) is 32.6 cm³/mol. The van der Waals surface area contributed by atoms with Crippen molar-refractivity contribution in [2.75, 3.05) is 26.9 Å². The molecule has 0 spiro atoms. The van der Waals surface area contributed by atoms with Crippen LogP contribution >= 0.6 is 0 Å². The molecule has 4 nitrogen and oxygen atoms in total. The van der Waals surface area contributed by atoms with E-state index < -0.39 is 0 Å². The molecule has 0 radical (unpaired) electrons. The van der Waals surface area contributed by atoms with Gasteiger partial charge < -0.3 is 14.2 Å². The number of rotatable bonds is 4. The number of carbonyl (C=O) groups is 1. The molecule has 0 aliphatic carbocycles. The molecule has 0 N–H and O–H groups in total. The van der Waals surface area contributed by atoms with Crippen molar-refractivity contribution in [2.24, 2.45) is 0 Å². The van der Waals surface area contributed by atoms with Gasteiger partial charge in [0.15, 0.2) is 0 Å². The third kappa shape index (κ3) is 2.80. The lowest BCUT2D eigenvalue weighted by Crippen LogP contribution is -2.12. The summed E-state index contributed by atoms with van der Waals surface area (Å²) in [6, 6.07) is 0. The SMILES string of the molecule is COC(=O)COCC1CO1. The maximum absolute atomic E-state index is 10.4. The van der Waals surface area contributed by atoms with Crippen LogP contribution in [-0.2, 0) is 19.0 Å². The second kappa shape index (κ2) is 3.53.